The lowest BCUT2D eigenvalue weighted by atomic mass is 9.87. The van der Waals surface area contributed by atoms with Crippen molar-refractivity contribution in [2.75, 3.05) is 6.54 Å². The molecule has 1 heterocycles. The number of alkyl halides is 3. The Hall–Kier alpha value is -1.29. The van der Waals surface area contributed by atoms with Crippen molar-refractivity contribution in [1.29, 1.82) is 5.26 Å². The van der Waals surface area contributed by atoms with E-state index in [1.54, 1.807) is 6.07 Å². The fourth-order valence-corrected chi connectivity index (χ4v) is 2.70. The highest BCUT2D eigenvalue weighted by molar-refractivity contribution is 5.89. The molecule has 18 heavy (non-hydrogen) atoms. The first-order valence-corrected chi connectivity index (χ1v) is 5.92. The summed E-state index contributed by atoms with van der Waals surface area (Å²) in [6.45, 7) is -0.560. The van der Waals surface area contributed by atoms with Gasteiger partial charge in [0.15, 0.2) is 0 Å². The van der Waals surface area contributed by atoms with Gasteiger partial charge in [-0.3, -0.25) is 0 Å². The van der Waals surface area contributed by atoms with Gasteiger partial charge in [0.25, 0.3) is 5.72 Å². The number of hydrogen-bond acceptors (Lipinski definition) is 4. The van der Waals surface area contributed by atoms with Crippen molar-refractivity contribution in [3.05, 3.63) is 0 Å². The maximum Gasteiger partial charge on any atom is 0.438 e. The molecule has 0 aromatic heterocycles. The first-order valence-electron chi connectivity index (χ1n) is 5.92. The van der Waals surface area contributed by atoms with E-state index in [-0.39, 0.29) is 6.42 Å². The lowest BCUT2D eigenvalue weighted by Crippen LogP contribution is -2.59. The quantitative estimate of drug-likeness (QED) is 0.734. The number of nitriles is 1. The van der Waals surface area contributed by atoms with Crippen LogP contribution in [0.2, 0.25) is 0 Å². The second kappa shape index (κ2) is 4.43. The molecule has 100 valence electrons. The third-order valence-electron chi connectivity index (χ3n) is 3.59. The summed E-state index contributed by atoms with van der Waals surface area (Å²) < 4.78 is 39.4. The van der Waals surface area contributed by atoms with Crippen molar-refractivity contribution < 1.29 is 18.3 Å². The number of hydrogen-bond donors (Lipinski definition) is 1. The minimum absolute atomic E-state index is 0.261. The van der Waals surface area contributed by atoms with Crippen LogP contribution in [0.1, 0.15) is 32.1 Å². The molecule has 0 radical (unpaired) electrons. The molecule has 1 aliphatic carbocycles. The number of fused-ring (bicyclic) bond motifs is 1. The second-order valence-electron chi connectivity index (χ2n) is 4.68. The van der Waals surface area contributed by atoms with Crippen molar-refractivity contribution in [2.24, 2.45) is 11.0 Å². The van der Waals surface area contributed by atoms with Crippen LogP contribution in [0.25, 0.3) is 0 Å². The molecule has 1 N–H and O–H groups in total. The van der Waals surface area contributed by atoms with Crippen molar-refractivity contribution in [2.45, 2.75) is 44.0 Å². The molecule has 0 aromatic rings. The number of hydrazone groups is 1. The zero-order valence-corrected chi connectivity index (χ0v) is 9.74. The summed E-state index contributed by atoms with van der Waals surface area (Å²) in [4.78, 5) is 0. The van der Waals surface area contributed by atoms with Crippen molar-refractivity contribution in [3.63, 3.8) is 0 Å². The van der Waals surface area contributed by atoms with E-state index in [2.05, 4.69) is 5.10 Å². The third-order valence-corrected chi connectivity index (χ3v) is 3.59. The molecule has 2 aliphatic rings. The van der Waals surface area contributed by atoms with Crippen LogP contribution in [0.5, 0.6) is 0 Å². The minimum Gasteiger partial charge on any atom is -0.362 e. The number of rotatable bonds is 1. The van der Waals surface area contributed by atoms with E-state index >= 15 is 0 Å². The first-order chi connectivity index (χ1) is 8.41. The van der Waals surface area contributed by atoms with Gasteiger partial charge in [-0.05, 0) is 19.3 Å². The molecule has 0 aromatic carbocycles. The summed E-state index contributed by atoms with van der Waals surface area (Å²) >= 11 is 0. The smallest absolute Gasteiger partial charge is 0.362 e. The summed E-state index contributed by atoms with van der Waals surface area (Å²) in [5.74, 6) is -1.03. The number of aliphatic hydroxyl groups is 1. The highest BCUT2D eigenvalue weighted by Crippen LogP contribution is 2.47. The molecule has 1 saturated carbocycles. The second-order valence-corrected chi connectivity index (χ2v) is 4.68. The van der Waals surface area contributed by atoms with E-state index in [1.165, 1.54) is 0 Å². The summed E-state index contributed by atoms with van der Waals surface area (Å²) in [6.07, 6.45) is -1.82. The average Bonchev–Trinajstić information content (AvgIpc) is 2.47. The van der Waals surface area contributed by atoms with E-state index in [4.69, 9.17) is 5.26 Å². The highest BCUT2D eigenvalue weighted by atomic mass is 19.4. The molecule has 4 nitrogen and oxygen atoms in total. The van der Waals surface area contributed by atoms with Crippen LogP contribution >= 0.6 is 0 Å². The van der Waals surface area contributed by atoms with Crippen molar-refractivity contribution in [3.8, 4) is 6.07 Å². The average molecular weight is 261 g/mol. The van der Waals surface area contributed by atoms with E-state index in [1.807, 2.05) is 0 Å². The topological polar surface area (TPSA) is 59.6 Å². The van der Waals surface area contributed by atoms with E-state index in [9.17, 15) is 18.3 Å². The molecule has 0 spiro atoms. The van der Waals surface area contributed by atoms with E-state index < -0.39 is 24.4 Å². The Bertz CT molecular complexity index is 401. The van der Waals surface area contributed by atoms with Crippen molar-refractivity contribution >= 4 is 5.71 Å². The van der Waals surface area contributed by atoms with Gasteiger partial charge in [0.2, 0.25) is 0 Å². The molecule has 1 fully saturated rings. The van der Waals surface area contributed by atoms with Crippen LogP contribution < -0.4 is 0 Å². The van der Waals surface area contributed by atoms with Gasteiger partial charge in [-0.1, -0.05) is 12.8 Å². The Morgan fingerprint density at radius 2 is 2.17 bits per heavy atom. The normalized spacial score (nSPS) is 32.5. The molecule has 2 rings (SSSR count). The van der Waals surface area contributed by atoms with Gasteiger partial charge < -0.3 is 5.11 Å². The Balaban J connectivity index is 2.39. The molecule has 0 bridgehead atoms. The van der Waals surface area contributed by atoms with Gasteiger partial charge in [-0.2, -0.15) is 23.5 Å². The zero-order valence-electron chi connectivity index (χ0n) is 9.74. The van der Waals surface area contributed by atoms with E-state index in [0.717, 1.165) is 12.8 Å². The maximum absolute atomic E-state index is 13.1. The Kier molecular flexibility index (Phi) is 3.23. The summed E-state index contributed by atoms with van der Waals surface area (Å²) in [6, 6.07) is 1.62. The van der Waals surface area contributed by atoms with E-state index in [0.29, 0.717) is 23.6 Å². The van der Waals surface area contributed by atoms with Crippen LogP contribution in [0.3, 0.4) is 0 Å². The summed E-state index contributed by atoms with van der Waals surface area (Å²) in [5, 5.41) is 23.0. The SMILES string of the molecule is N#CCN1N=C2CCCCC[C@H]2[C@@]1(O)C(F)(F)F. The molecular formula is C11H14F3N3O. The summed E-state index contributed by atoms with van der Waals surface area (Å²) in [5.41, 5.74) is -2.63. The minimum atomic E-state index is -4.82. The fraction of sp³-hybridized carbons (Fsp3) is 0.818. The van der Waals surface area contributed by atoms with Crippen LogP contribution in [0, 0.1) is 17.2 Å². The zero-order chi connectivity index (χ0) is 13.4. The lowest BCUT2D eigenvalue weighted by Gasteiger charge is -2.37. The van der Waals surface area contributed by atoms with Crippen LogP contribution in [-0.4, -0.2) is 34.3 Å². The van der Waals surface area contributed by atoms with Gasteiger partial charge in [0.05, 0.1) is 12.0 Å². The number of halogens is 3. The van der Waals surface area contributed by atoms with Gasteiger partial charge in [-0.25, -0.2) is 5.01 Å². The van der Waals surface area contributed by atoms with Gasteiger partial charge in [-0.15, -0.1) is 0 Å². The third kappa shape index (κ3) is 1.85. The molecule has 0 saturated heterocycles. The van der Waals surface area contributed by atoms with Crippen molar-refractivity contribution in [1.82, 2.24) is 5.01 Å². The Morgan fingerprint density at radius 3 is 2.78 bits per heavy atom. The van der Waals surface area contributed by atoms with Crippen LogP contribution in [-0.2, 0) is 0 Å². The van der Waals surface area contributed by atoms with Crippen LogP contribution in [0.4, 0.5) is 13.2 Å². The molecule has 2 atom stereocenters. The predicted octanol–water partition coefficient (Wildman–Crippen LogP) is 2.01. The number of nitrogens with zero attached hydrogens (tertiary/aromatic N) is 3. The van der Waals surface area contributed by atoms with Crippen LogP contribution in [0.15, 0.2) is 5.10 Å². The summed E-state index contributed by atoms with van der Waals surface area (Å²) in [7, 11) is 0. The highest BCUT2D eigenvalue weighted by Gasteiger charge is 2.66. The monoisotopic (exact) mass is 261 g/mol. The predicted molar refractivity (Wildman–Crippen MR) is 57.3 cm³/mol. The molecule has 7 heteroatoms. The van der Waals surface area contributed by atoms with Gasteiger partial charge in [0, 0.05) is 5.71 Å². The fourth-order valence-electron chi connectivity index (χ4n) is 2.70. The largest absolute Gasteiger partial charge is 0.438 e. The molecule has 0 amide bonds. The lowest BCUT2D eigenvalue weighted by molar-refractivity contribution is -0.321. The van der Waals surface area contributed by atoms with Gasteiger partial charge in [0.1, 0.15) is 6.54 Å². The molecule has 1 aliphatic heterocycles. The first kappa shape index (κ1) is 13.1. The van der Waals surface area contributed by atoms with Gasteiger partial charge >= 0.3 is 6.18 Å². The molecular weight excluding hydrogens is 247 g/mol. The standard InChI is InChI=1S/C11H14F3N3O/c12-11(13,14)10(18)8-4-2-1-3-5-9(8)16-17(10)7-6-15/h8,18H,1-5,7H2/t8-,10-/m1/s1. The maximum atomic E-state index is 13.1. The Morgan fingerprint density at radius 1 is 1.44 bits per heavy atom. The Labute approximate surface area is 103 Å². The molecule has 0 unspecified atom stereocenters.